The average Bonchev–Trinajstić information content (AvgIpc) is 3.02. The van der Waals surface area contributed by atoms with Crippen LogP contribution in [0.15, 0.2) is 42.0 Å². The van der Waals surface area contributed by atoms with Gasteiger partial charge in [-0.15, -0.1) is 0 Å². The molecule has 0 bridgehead atoms. The molecule has 170 valence electrons. The van der Waals surface area contributed by atoms with Crippen LogP contribution in [0.3, 0.4) is 0 Å². The lowest BCUT2D eigenvalue weighted by Crippen LogP contribution is -2.67. The molecule has 1 saturated carbocycles. The molecule has 0 radical (unpaired) electrons. The Labute approximate surface area is 193 Å². The Morgan fingerprint density at radius 2 is 1.52 bits per heavy atom. The SMILES string of the molecule is CC1CC2C=C3C(=CC2C1[Si](C)(C)N(C(C)(C)C)C(C)(C)C)c1ccccc1C3(C)C. The molecule has 31 heavy (non-hydrogen) atoms. The summed E-state index contributed by atoms with van der Waals surface area (Å²) in [5.41, 5.74) is 7.39. The second-order valence-electron chi connectivity index (χ2n) is 13.6. The van der Waals surface area contributed by atoms with Crippen molar-refractivity contribution in [3.05, 3.63) is 53.1 Å². The third-order valence-electron chi connectivity index (χ3n) is 8.49. The van der Waals surface area contributed by atoms with Crippen LogP contribution in [0.2, 0.25) is 18.6 Å². The molecule has 1 aromatic carbocycles. The average molecular weight is 436 g/mol. The van der Waals surface area contributed by atoms with Gasteiger partial charge in [0.15, 0.2) is 0 Å². The summed E-state index contributed by atoms with van der Waals surface area (Å²) in [5, 5.41) is 0. The number of fused-ring (bicyclic) bond motifs is 4. The summed E-state index contributed by atoms with van der Waals surface area (Å²) in [6.07, 6.45) is 6.78. The Balaban J connectivity index is 1.82. The van der Waals surface area contributed by atoms with Gasteiger partial charge in [-0.2, -0.15) is 0 Å². The molecule has 1 aromatic rings. The maximum Gasteiger partial charge on any atom is 0.127 e. The summed E-state index contributed by atoms with van der Waals surface area (Å²) < 4.78 is 2.95. The number of nitrogens with zero attached hydrogens (tertiary/aromatic N) is 1. The molecule has 4 unspecified atom stereocenters. The maximum atomic E-state index is 2.95. The fourth-order valence-electron chi connectivity index (χ4n) is 8.61. The van der Waals surface area contributed by atoms with Crippen molar-refractivity contribution in [1.82, 2.24) is 4.57 Å². The highest BCUT2D eigenvalue weighted by molar-refractivity contribution is 6.76. The first-order chi connectivity index (χ1) is 14.1. The molecule has 0 aliphatic heterocycles. The van der Waals surface area contributed by atoms with Crippen LogP contribution in [-0.4, -0.2) is 23.9 Å². The van der Waals surface area contributed by atoms with Crippen LogP contribution < -0.4 is 0 Å². The zero-order valence-corrected chi connectivity index (χ0v) is 22.9. The number of benzene rings is 1. The summed E-state index contributed by atoms with van der Waals surface area (Å²) in [5.74, 6) is 2.14. The molecule has 4 atom stereocenters. The highest BCUT2D eigenvalue weighted by Crippen LogP contribution is 2.61. The van der Waals surface area contributed by atoms with E-state index in [-0.39, 0.29) is 16.5 Å². The molecular formula is C29H45NSi. The highest BCUT2D eigenvalue weighted by atomic mass is 28.3. The number of hydrogen-bond acceptors (Lipinski definition) is 1. The minimum atomic E-state index is -1.75. The minimum Gasteiger partial charge on any atom is -0.314 e. The van der Waals surface area contributed by atoms with Crippen molar-refractivity contribution in [3.63, 3.8) is 0 Å². The van der Waals surface area contributed by atoms with Crippen molar-refractivity contribution >= 4 is 13.8 Å². The number of hydrogen-bond donors (Lipinski definition) is 0. The van der Waals surface area contributed by atoms with Gasteiger partial charge < -0.3 is 4.57 Å². The minimum absolute atomic E-state index is 0.129. The Morgan fingerprint density at radius 3 is 2.10 bits per heavy atom. The highest BCUT2D eigenvalue weighted by Gasteiger charge is 2.56. The molecule has 2 heteroatoms. The van der Waals surface area contributed by atoms with Crippen molar-refractivity contribution < 1.29 is 0 Å². The van der Waals surface area contributed by atoms with Gasteiger partial charge in [-0.1, -0.05) is 70.3 Å². The molecule has 1 nitrogen and oxygen atoms in total. The lowest BCUT2D eigenvalue weighted by Gasteiger charge is -2.57. The normalized spacial score (nSPS) is 29.9. The molecule has 0 heterocycles. The van der Waals surface area contributed by atoms with E-state index in [1.807, 2.05) is 0 Å². The second-order valence-corrected chi connectivity index (χ2v) is 18.1. The lowest BCUT2D eigenvalue weighted by molar-refractivity contribution is 0.121. The van der Waals surface area contributed by atoms with Gasteiger partial charge in [-0.25, -0.2) is 0 Å². The van der Waals surface area contributed by atoms with Crippen LogP contribution in [0, 0.1) is 17.8 Å². The van der Waals surface area contributed by atoms with E-state index in [1.54, 1.807) is 11.1 Å². The largest absolute Gasteiger partial charge is 0.314 e. The first-order valence-electron chi connectivity index (χ1n) is 12.4. The van der Waals surface area contributed by atoms with E-state index < -0.39 is 8.24 Å². The fourth-order valence-corrected chi connectivity index (χ4v) is 15.2. The zero-order valence-electron chi connectivity index (χ0n) is 21.9. The quantitative estimate of drug-likeness (QED) is 0.425. The smallest absolute Gasteiger partial charge is 0.127 e. The van der Waals surface area contributed by atoms with E-state index in [2.05, 4.69) is 116 Å². The van der Waals surface area contributed by atoms with E-state index in [0.29, 0.717) is 11.8 Å². The molecule has 0 spiro atoms. The summed E-state index contributed by atoms with van der Waals surface area (Å²) >= 11 is 0. The first-order valence-corrected chi connectivity index (χ1v) is 15.4. The van der Waals surface area contributed by atoms with Crippen LogP contribution >= 0.6 is 0 Å². The van der Waals surface area contributed by atoms with Crippen LogP contribution in [0.25, 0.3) is 5.57 Å². The van der Waals surface area contributed by atoms with E-state index in [4.69, 9.17) is 0 Å². The second kappa shape index (κ2) is 6.94. The van der Waals surface area contributed by atoms with E-state index in [1.165, 1.54) is 17.5 Å². The summed E-state index contributed by atoms with van der Waals surface area (Å²) in [4.78, 5) is 0. The Bertz CT molecular complexity index is 920. The molecule has 0 amide bonds. The van der Waals surface area contributed by atoms with Gasteiger partial charge >= 0.3 is 0 Å². The third kappa shape index (κ3) is 3.44. The molecule has 0 aromatic heterocycles. The zero-order chi connectivity index (χ0) is 23.1. The fraction of sp³-hybridized carbons (Fsp3) is 0.655. The molecule has 1 fully saturated rings. The van der Waals surface area contributed by atoms with Gasteiger partial charge in [0.2, 0.25) is 0 Å². The molecule has 0 N–H and O–H groups in total. The molecule has 0 saturated heterocycles. The van der Waals surface area contributed by atoms with Gasteiger partial charge in [-0.05, 0) is 93.5 Å². The molecule has 4 rings (SSSR count). The predicted molar refractivity (Wildman–Crippen MR) is 139 cm³/mol. The van der Waals surface area contributed by atoms with Gasteiger partial charge in [0.25, 0.3) is 0 Å². The van der Waals surface area contributed by atoms with E-state index >= 15 is 0 Å². The summed E-state index contributed by atoms with van der Waals surface area (Å²) in [6.45, 7) is 27.3. The third-order valence-corrected chi connectivity index (χ3v) is 13.6. The Morgan fingerprint density at radius 1 is 0.935 bits per heavy atom. The monoisotopic (exact) mass is 435 g/mol. The van der Waals surface area contributed by atoms with E-state index in [0.717, 1.165) is 11.5 Å². The van der Waals surface area contributed by atoms with Crippen molar-refractivity contribution in [1.29, 1.82) is 0 Å². The summed E-state index contributed by atoms with van der Waals surface area (Å²) in [7, 11) is -1.75. The summed E-state index contributed by atoms with van der Waals surface area (Å²) in [6, 6.07) is 9.14. The van der Waals surface area contributed by atoms with Crippen molar-refractivity contribution in [2.45, 2.75) is 104 Å². The maximum absolute atomic E-state index is 2.95. The van der Waals surface area contributed by atoms with Gasteiger partial charge in [0.1, 0.15) is 8.24 Å². The predicted octanol–water partition coefficient (Wildman–Crippen LogP) is 8.05. The van der Waals surface area contributed by atoms with Crippen LogP contribution in [-0.2, 0) is 5.41 Å². The Kier molecular flexibility index (Phi) is 5.16. The van der Waals surface area contributed by atoms with Crippen molar-refractivity contribution in [2.24, 2.45) is 17.8 Å². The van der Waals surface area contributed by atoms with Gasteiger partial charge in [0, 0.05) is 16.5 Å². The topological polar surface area (TPSA) is 3.24 Å². The van der Waals surface area contributed by atoms with Crippen molar-refractivity contribution in [2.75, 3.05) is 0 Å². The Hall–Kier alpha value is -1.12. The number of rotatable bonds is 2. The lowest BCUT2D eigenvalue weighted by atomic mass is 9.76. The first kappa shape index (κ1) is 23.0. The van der Waals surface area contributed by atoms with Crippen molar-refractivity contribution in [3.8, 4) is 0 Å². The molecular weight excluding hydrogens is 390 g/mol. The molecule has 3 aliphatic rings. The number of allylic oxidation sites excluding steroid dienone is 4. The van der Waals surface area contributed by atoms with Gasteiger partial charge in [-0.3, -0.25) is 0 Å². The van der Waals surface area contributed by atoms with Crippen LogP contribution in [0.5, 0.6) is 0 Å². The van der Waals surface area contributed by atoms with Crippen LogP contribution in [0.4, 0.5) is 0 Å². The van der Waals surface area contributed by atoms with Gasteiger partial charge in [0.05, 0.1) is 0 Å². The van der Waals surface area contributed by atoms with E-state index in [9.17, 15) is 0 Å². The standard InChI is InChI=1S/C29H45NSi/c1-19-16-20-17-25-23(21-14-12-13-15-24(21)29(25,8)9)18-22(20)26(19)31(10,11)30(27(2,3)4)28(5,6)7/h12-15,17-20,22,26H,16H2,1-11H3. The van der Waals surface area contributed by atoms with Crippen LogP contribution in [0.1, 0.15) is 79.9 Å². The molecule has 3 aliphatic carbocycles.